The Hall–Kier alpha value is -7.52. The third kappa shape index (κ3) is 9.52. The number of hydrogen-bond donors (Lipinski definition) is 0. The molecule has 0 aliphatic heterocycles. The summed E-state index contributed by atoms with van der Waals surface area (Å²) in [6.45, 7) is 6.32. The van der Waals surface area contributed by atoms with Crippen LogP contribution in [0.1, 0.15) is 93.0 Å². The Morgan fingerprint density at radius 3 is 0.779 bits per heavy atom. The average molecular weight is 911 g/mol. The van der Waals surface area contributed by atoms with E-state index in [-0.39, 0.29) is 0 Å². The van der Waals surface area contributed by atoms with Gasteiger partial charge in [0.1, 0.15) is 28.7 Å². The third-order valence-corrected chi connectivity index (χ3v) is 12.8. The molecule has 0 unspecified atom stereocenters. The van der Waals surface area contributed by atoms with E-state index in [0.717, 1.165) is 123 Å². The molecule has 68 heavy (non-hydrogen) atoms. The number of methoxy groups -OCH3 is 7. The van der Waals surface area contributed by atoms with E-state index in [4.69, 9.17) is 33.2 Å². The molecule has 8 rings (SSSR count). The first kappa shape index (κ1) is 47.0. The number of ether oxygens (including phenoxy) is 7. The van der Waals surface area contributed by atoms with Gasteiger partial charge in [0.05, 0.1) is 60.9 Å². The van der Waals surface area contributed by atoms with Crippen LogP contribution in [0, 0.1) is 20.8 Å². The molecule has 0 saturated carbocycles. The fourth-order valence-electron chi connectivity index (χ4n) is 10.2. The molecule has 0 saturated heterocycles. The summed E-state index contributed by atoms with van der Waals surface area (Å²) in [5.74, 6) is 3.02. The van der Waals surface area contributed by atoms with Crippen molar-refractivity contribution in [2.24, 2.45) is 0 Å². The molecule has 0 amide bonds. The van der Waals surface area contributed by atoms with E-state index in [1.165, 1.54) is 14.2 Å². The second-order valence-electron chi connectivity index (χ2n) is 17.5. The Balaban J connectivity index is 1.43. The number of benzene rings is 7. The Labute approximate surface area is 399 Å². The number of carbonyl (C=O) groups excluding carboxylic acids is 2. The van der Waals surface area contributed by atoms with Crippen LogP contribution in [-0.4, -0.2) is 61.7 Å². The van der Waals surface area contributed by atoms with E-state index >= 15 is 0 Å². The number of carbonyl (C=O) groups is 2. The average Bonchev–Trinajstić information content (AvgIpc) is 3.33. The first-order valence-corrected chi connectivity index (χ1v) is 22.6. The van der Waals surface area contributed by atoms with Crippen LogP contribution in [0.25, 0.3) is 22.3 Å². The van der Waals surface area contributed by atoms with Crippen molar-refractivity contribution in [3.05, 3.63) is 193 Å². The van der Waals surface area contributed by atoms with Gasteiger partial charge >= 0.3 is 11.9 Å². The van der Waals surface area contributed by atoms with Gasteiger partial charge in [0.2, 0.25) is 0 Å². The molecule has 10 bridgehead atoms. The SMILES string of the molecule is COC(=O)c1cccc(-c2cc3c(OC)c(c2)Cc2cc(C)cc(c2OC)Cc2cc(-c4cccc(C(=O)OC)c4)cc(c2OC)Cc2cc(C)cc(c2OC)Cc2cc(C)cc(c2OC)C3)c1. The fraction of sp³-hybridized carbons (Fsp3) is 0.254. The predicted octanol–water partition coefficient (Wildman–Crippen LogP) is 11.8. The lowest BCUT2D eigenvalue weighted by molar-refractivity contribution is 0.0592. The van der Waals surface area contributed by atoms with E-state index in [1.54, 1.807) is 47.7 Å². The Morgan fingerprint density at radius 1 is 0.324 bits per heavy atom. The molecule has 0 heterocycles. The maximum atomic E-state index is 12.8. The number of aryl methyl sites for hydroxylation is 3. The van der Waals surface area contributed by atoms with Crippen molar-refractivity contribution in [3.63, 3.8) is 0 Å². The van der Waals surface area contributed by atoms with Crippen molar-refractivity contribution < 1.29 is 42.7 Å². The molecule has 7 aromatic carbocycles. The number of hydrogen-bond acceptors (Lipinski definition) is 9. The third-order valence-electron chi connectivity index (χ3n) is 12.8. The highest BCUT2D eigenvalue weighted by Crippen LogP contribution is 2.43. The zero-order valence-electron chi connectivity index (χ0n) is 40.6. The van der Waals surface area contributed by atoms with Gasteiger partial charge in [-0.05, 0) is 147 Å². The molecule has 9 nitrogen and oxygen atoms in total. The maximum Gasteiger partial charge on any atom is 0.337 e. The monoisotopic (exact) mass is 910 g/mol. The fourth-order valence-corrected chi connectivity index (χ4v) is 10.2. The molecule has 1 aliphatic rings. The molecule has 1 aliphatic carbocycles. The van der Waals surface area contributed by atoms with Gasteiger partial charge in [-0.15, -0.1) is 0 Å². The van der Waals surface area contributed by atoms with Crippen LogP contribution in [0.15, 0.2) is 109 Å². The number of fused-ring (bicyclic) bond motifs is 10. The molecular weight excluding hydrogens is 853 g/mol. The first-order valence-electron chi connectivity index (χ1n) is 22.6. The summed E-state index contributed by atoms with van der Waals surface area (Å²) < 4.78 is 42.2. The van der Waals surface area contributed by atoms with Crippen molar-refractivity contribution in [1.82, 2.24) is 0 Å². The second kappa shape index (κ2) is 20.1. The highest BCUT2D eigenvalue weighted by molar-refractivity contribution is 5.92. The molecule has 7 aromatic rings. The van der Waals surface area contributed by atoms with Crippen LogP contribution in [0.2, 0.25) is 0 Å². The standard InChI is InChI=1S/C59H58O9/c1-34-17-43-29-44-18-35(2)20-46(54(44)63-5)31-50-26-42(38-14-12-16-40(24-38)59(61)68-10)28-52(57(50)66-8)33-48-22-36(3)21-47(55(48)64-6)32-51-27-41(37-13-11-15-39(23-37)58(60)67-9)25-49(56(51)65-7)30-45(19-34)53(43)62-4/h11-28H,29-33H2,1-10H3. The Morgan fingerprint density at radius 2 is 0.559 bits per heavy atom. The predicted molar refractivity (Wildman–Crippen MR) is 267 cm³/mol. The van der Waals surface area contributed by atoms with Gasteiger partial charge in [-0.1, -0.05) is 77.4 Å². The minimum absolute atomic E-state index is 0.407. The summed E-state index contributed by atoms with van der Waals surface area (Å²) in [6, 6.07) is 36.7. The van der Waals surface area contributed by atoms with E-state index < -0.39 is 11.9 Å². The van der Waals surface area contributed by atoms with Crippen LogP contribution in [0.4, 0.5) is 0 Å². The lowest BCUT2D eigenvalue weighted by Crippen LogP contribution is -2.08. The molecule has 9 heteroatoms. The quantitative estimate of drug-likeness (QED) is 0.131. The van der Waals surface area contributed by atoms with Gasteiger partial charge in [0, 0.05) is 32.1 Å². The summed E-state index contributed by atoms with van der Waals surface area (Å²) in [5, 5.41) is 0. The van der Waals surface area contributed by atoms with Crippen molar-refractivity contribution in [2.45, 2.75) is 52.9 Å². The largest absolute Gasteiger partial charge is 0.496 e. The van der Waals surface area contributed by atoms with Gasteiger partial charge in [-0.2, -0.15) is 0 Å². The van der Waals surface area contributed by atoms with Crippen molar-refractivity contribution in [1.29, 1.82) is 0 Å². The zero-order valence-corrected chi connectivity index (χ0v) is 40.6. The van der Waals surface area contributed by atoms with Gasteiger partial charge in [-0.3, -0.25) is 0 Å². The lowest BCUT2D eigenvalue weighted by Gasteiger charge is -2.23. The van der Waals surface area contributed by atoms with Crippen molar-refractivity contribution in [3.8, 4) is 51.0 Å². The summed E-state index contributed by atoms with van der Waals surface area (Å²) in [6.07, 6.45) is 2.51. The number of rotatable bonds is 9. The molecule has 348 valence electrons. The van der Waals surface area contributed by atoms with Crippen LogP contribution in [-0.2, 0) is 41.6 Å². The van der Waals surface area contributed by atoms with E-state index in [0.29, 0.717) is 43.2 Å². The van der Waals surface area contributed by atoms with E-state index in [9.17, 15) is 9.59 Å². The van der Waals surface area contributed by atoms with Crippen LogP contribution < -0.4 is 23.7 Å². The highest BCUT2D eigenvalue weighted by Gasteiger charge is 2.24. The van der Waals surface area contributed by atoms with Crippen LogP contribution in [0.5, 0.6) is 28.7 Å². The Kier molecular flexibility index (Phi) is 13.9. The van der Waals surface area contributed by atoms with E-state index in [1.807, 2.05) is 36.4 Å². The molecular formula is C59H58O9. The second-order valence-corrected chi connectivity index (χ2v) is 17.5. The lowest BCUT2D eigenvalue weighted by atomic mass is 9.87. The molecule has 0 atom stereocenters. The first-order chi connectivity index (χ1) is 32.9. The minimum Gasteiger partial charge on any atom is -0.496 e. The minimum atomic E-state index is -0.407. The van der Waals surface area contributed by atoms with Gasteiger partial charge < -0.3 is 33.2 Å². The Bertz CT molecular complexity index is 2870. The van der Waals surface area contributed by atoms with E-state index in [2.05, 4.69) is 81.4 Å². The molecule has 0 N–H and O–H groups in total. The molecule has 0 radical (unpaired) electrons. The normalized spacial score (nSPS) is 12.1. The molecule has 0 spiro atoms. The van der Waals surface area contributed by atoms with Crippen molar-refractivity contribution in [2.75, 3.05) is 49.8 Å². The zero-order chi connectivity index (χ0) is 48.2. The maximum absolute atomic E-state index is 12.8. The highest BCUT2D eigenvalue weighted by atomic mass is 16.5. The van der Waals surface area contributed by atoms with Crippen LogP contribution in [0.3, 0.4) is 0 Å². The molecule has 0 aromatic heterocycles. The van der Waals surface area contributed by atoms with Gasteiger partial charge in [-0.25, -0.2) is 9.59 Å². The molecule has 0 fully saturated rings. The summed E-state index contributed by atoms with van der Waals surface area (Å²) in [7, 11) is 11.4. The summed E-state index contributed by atoms with van der Waals surface area (Å²) in [4.78, 5) is 25.6. The summed E-state index contributed by atoms with van der Waals surface area (Å²) >= 11 is 0. The topological polar surface area (TPSA) is 98.8 Å². The van der Waals surface area contributed by atoms with Crippen molar-refractivity contribution >= 4 is 11.9 Å². The number of esters is 2. The smallest absolute Gasteiger partial charge is 0.337 e. The van der Waals surface area contributed by atoms with Gasteiger partial charge in [0.25, 0.3) is 0 Å². The van der Waals surface area contributed by atoms with Gasteiger partial charge in [0.15, 0.2) is 0 Å². The summed E-state index contributed by atoms with van der Waals surface area (Å²) in [5.41, 5.74) is 17.6. The van der Waals surface area contributed by atoms with Crippen LogP contribution >= 0.6 is 0 Å².